The number of hydrogen-bond acceptors (Lipinski definition) is 4. The molecular weight excluding hydrogens is 381 g/mol. The van der Waals surface area contributed by atoms with Crippen molar-refractivity contribution in [1.82, 2.24) is 15.6 Å². The zero-order chi connectivity index (χ0) is 14.7. The van der Waals surface area contributed by atoms with E-state index < -0.39 is 0 Å². The molecule has 0 spiro atoms. The monoisotopic (exact) mass is 397 g/mol. The van der Waals surface area contributed by atoms with Crippen LogP contribution in [0.25, 0.3) is 0 Å². The lowest BCUT2D eigenvalue weighted by Crippen LogP contribution is -2.23. The van der Waals surface area contributed by atoms with Crippen LogP contribution in [0.5, 0.6) is 0 Å². The first kappa shape index (κ1) is 14.5. The van der Waals surface area contributed by atoms with E-state index in [0.717, 1.165) is 28.5 Å². The van der Waals surface area contributed by atoms with Crippen LogP contribution in [0.4, 0.5) is 0 Å². The molecule has 1 aromatic heterocycles. The van der Waals surface area contributed by atoms with Crippen LogP contribution >= 0.6 is 22.6 Å². The van der Waals surface area contributed by atoms with Gasteiger partial charge < -0.3 is 15.1 Å². The molecule has 3 rings (SSSR count). The number of amides is 1. The smallest absolute Gasteiger partial charge is 0.273 e. The molecule has 1 unspecified atom stereocenters. The molecule has 2 heterocycles. The van der Waals surface area contributed by atoms with E-state index in [1.54, 1.807) is 0 Å². The average Bonchev–Trinajstić information content (AvgIpc) is 3.15. The first-order valence-electron chi connectivity index (χ1n) is 6.94. The fraction of sp³-hybridized carbons (Fsp3) is 0.333. The van der Waals surface area contributed by atoms with Crippen molar-refractivity contribution in [3.63, 3.8) is 0 Å². The summed E-state index contributed by atoms with van der Waals surface area (Å²) in [5.41, 5.74) is 1.40. The largest absolute Gasteiger partial charge is 0.446 e. The highest BCUT2D eigenvalue weighted by Gasteiger charge is 2.22. The van der Waals surface area contributed by atoms with Crippen molar-refractivity contribution in [3.05, 3.63) is 51.2 Å². The van der Waals surface area contributed by atoms with Crippen molar-refractivity contribution in [2.45, 2.75) is 25.4 Å². The summed E-state index contributed by atoms with van der Waals surface area (Å²) in [6, 6.07) is 8.16. The van der Waals surface area contributed by atoms with Crippen molar-refractivity contribution >= 4 is 28.5 Å². The van der Waals surface area contributed by atoms with Crippen molar-refractivity contribution in [2.24, 2.45) is 0 Å². The summed E-state index contributed by atoms with van der Waals surface area (Å²) in [6.07, 6.45) is 3.55. The highest BCUT2D eigenvalue weighted by Crippen LogP contribution is 2.22. The van der Waals surface area contributed by atoms with Crippen LogP contribution < -0.4 is 10.6 Å². The lowest BCUT2D eigenvalue weighted by molar-refractivity contribution is 0.0946. The van der Waals surface area contributed by atoms with Gasteiger partial charge in [-0.15, -0.1) is 0 Å². The van der Waals surface area contributed by atoms with Gasteiger partial charge in [0.05, 0.1) is 6.04 Å². The first-order chi connectivity index (χ1) is 10.2. The van der Waals surface area contributed by atoms with E-state index in [2.05, 4.69) is 38.2 Å². The van der Waals surface area contributed by atoms with Gasteiger partial charge in [-0.2, -0.15) is 0 Å². The summed E-state index contributed by atoms with van der Waals surface area (Å²) < 4.78 is 6.55. The Labute approximate surface area is 136 Å². The number of hydrogen-bond donors (Lipinski definition) is 2. The van der Waals surface area contributed by atoms with E-state index in [1.807, 2.05) is 24.3 Å². The Morgan fingerprint density at radius 3 is 3.19 bits per heavy atom. The van der Waals surface area contributed by atoms with Crippen molar-refractivity contribution in [2.75, 3.05) is 6.54 Å². The maximum atomic E-state index is 12.1. The van der Waals surface area contributed by atoms with Gasteiger partial charge in [0.25, 0.3) is 5.91 Å². The highest BCUT2D eigenvalue weighted by atomic mass is 127. The minimum absolute atomic E-state index is 0.141. The Kier molecular flexibility index (Phi) is 4.54. The minimum atomic E-state index is -0.207. The molecule has 2 N–H and O–H groups in total. The van der Waals surface area contributed by atoms with Crippen LogP contribution in [0.2, 0.25) is 0 Å². The minimum Gasteiger partial charge on any atom is -0.446 e. The molecule has 0 bridgehead atoms. The summed E-state index contributed by atoms with van der Waals surface area (Å²) in [4.78, 5) is 16.4. The SMILES string of the molecule is O=C(NCc1cccc(I)c1)c1coc(C2CCCN2)n1. The van der Waals surface area contributed by atoms with E-state index in [-0.39, 0.29) is 11.9 Å². The molecular formula is C15H16IN3O2. The van der Waals surface area contributed by atoms with Gasteiger partial charge in [0.15, 0.2) is 5.69 Å². The van der Waals surface area contributed by atoms with E-state index >= 15 is 0 Å². The van der Waals surface area contributed by atoms with Gasteiger partial charge in [0.2, 0.25) is 5.89 Å². The number of nitrogens with one attached hydrogen (secondary N) is 2. The predicted octanol–water partition coefficient (Wildman–Crippen LogP) is 2.63. The molecule has 2 aromatic rings. The van der Waals surface area contributed by atoms with Gasteiger partial charge in [-0.25, -0.2) is 4.98 Å². The zero-order valence-electron chi connectivity index (χ0n) is 11.4. The van der Waals surface area contributed by atoms with Gasteiger partial charge in [-0.05, 0) is 59.7 Å². The molecule has 0 aliphatic carbocycles. The molecule has 0 saturated carbocycles. The van der Waals surface area contributed by atoms with E-state index in [9.17, 15) is 4.79 Å². The maximum Gasteiger partial charge on any atom is 0.273 e. The van der Waals surface area contributed by atoms with E-state index in [4.69, 9.17) is 4.42 Å². The van der Waals surface area contributed by atoms with Gasteiger partial charge >= 0.3 is 0 Å². The van der Waals surface area contributed by atoms with Crippen LogP contribution in [0.15, 0.2) is 34.9 Å². The van der Waals surface area contributed by atoms with Crippen molar-refractivity contribution in [3.8, 4) is 0 Å². The number of rotatable bonds is 4. The molecule has 21 heavy (non-hydrogen) atoms. The van der Waals surface area contributed by atoms with Gasteiger partial charge in [0, 0.05) is 10.1 Å². The third kappa shape index (κ3) is 3.62. The quantitative estimate of drug-likeness (QED) is 0.779. The number of benzene rings is 1. The molecule has 1 aromatic carbocycles. The normalized spacial score (nSPS) is 17.9. The van der Waals surface area contributed by atoms with Crippen LogP contribution in [-0.2, 0) is 6.54 Å². The van der Waals surface area contributed by atoms with Crippen LogP contribution in [0.3, 0.4) is 0 Å². The molecule has 1 aliphatic rings. The van der Waals surface area contributed by atoms with Crippen LogP contribution in [0.1, 0.15) is 40.8 Å². The molecule has 110 valence electrons. The number of nitrogens with zero attached hydrogens (tertiary/aromatic N) is 1. The Balaban J connectivity index is 1.60. The van der Waals surface area contributed by atoms with Gasteiger partial charge in [-0.1, -0.05) is 12.1 Å². The fourth-order valence-electron chi connectivity index (χ4n) is 2.37. The zero-order valence-corrected chi connectivity index (χ0v) is 13.6. The summed E-state index contributed by atoms with van der Waals surface area (Å²) in [6.45, 7) is 1.46. The fourth-order valence-corrected chi connectivity index (χ4v) is 2.97. The molecule has 6 heteroatoms. The standard InChI is InChI=1S/C15H16IN3O2/c16-11-4-1-3-10(7-11)8-18-14(20)13-9-21-15(19-13)12-5-2-6-17-12/h1,3-4,7,9,12,17H,2,5-6,8H2,(H,18,20). The van der Waals surface area contributed by atoms with E-state index in [1.165, 1.54) is 6.26 Å². The maximum absolute atomic E-state index is 12.1. The Morgan fingerprint density at radius 2 is 2.43 bits per heavy atom. The van der Waals surface area contributed by atoms with Gasteiger partial charge in [-0.3, -0.25) is 4.79 Å². The Bertz CT molecular complexity index is 635. The molecule has 1 fully saturated rings. The Hall–Kier alpha value is -1.41. The third-order valence-electron chi connectivity index (χ3n) is 3.46. The number of carbonyl (C=O) groups is 1. The predicted molar refractivity (Wildman–Crippen MR) is 86.8 cm³/mol. The third-order valence-corrected chi connectivity index (χ3v) is 4.13. The number of aromatic nitrogens is 1. The van der Waals surface area contributed by atoms with E-state index in [0.29, 0.717) is 18.1 Å². The molecule has 1 aliphatic heterocycles. The second-order valence-corrected chi connectivity index (χ2v) is 6.28. The molecule has 0 radical (unpaired) electrons. The lowest BCUT2D eigenvalue weighted by Gasteiger charge is -2.04. The number of oxazole rings is 1. The lowest BCUT2D eigenvalue weighted by atomic mass is 10.2. The van der Waals surface area contributed by atoms with Crippen molar-refractivity contribution in [1.29, 1.82) is 0 Å². The molecule has 5 nitrogen and oxygen atoms in total. The number of carbonyl (C=O) groups excluding carboxylic acids is 1. The topological polar surface area (TPSA) is 67.2 Å². The van der Waals surface area contributed by atoms with Crippen molar-refractivity contribution < 1.29 is 9.21 Å². The highest BCUT2D eigenvalue weighted by molar-refractivity contribution is 14.1. The summed E-state index contributed by atoms with van der Waals surface area (Å²) in [5.74, 6) is 0.397. The summed E-state index contributed by atoms with van der Waals surface area (Å²) >= 11 is 2.25. The molecule has 1 amide bonds. The Morgan fingerprint density at radius 1 is 1.52 bits per heavy atom. The second-order valence-electron chi connectivity index (χ2n) is 5.03. The molecule has 1 atom stereocenters. The van der Waals surface area contributed by atoms with Gasteiger partial charge in [0.1, 0.15) is 6.26 Å². The first-order valence-corrected chi connectivity index (χ1v) is 8.02. The average molecular weight is 397 g/mol. The van der Waals surface area contributed by atoms with Crippen LogP contribution in [0, 0.1) is 3.57 Å². The summed E-state index contributed by atoms with van der Waals surface area (Å²) in [5, 5.41) is 6.16. The second kappa shape index (κ2) is 6.57. The summed E-state index contributed by atoms with van der Waals surface area (Å²) in [7, 11) is 0. The molecule has 1 saturated heterocycles. The number of halogens is 1. The van der Waals surface area contributed by atoms with Crippen LogP contribution in [-0.4, -0.2) is 17.4 Å².